The van der Waals surface area contributed by atoms with Crippen molar-refractivity contribution in [1.82, 2.24) is 4.90 Å². The lowest BCUT2D eigenvalue weighted by atomic mass is 9.99. The van der Waals surface area contributed by atoms with E-state index in [9.17, 15) is 4.79 Å². The summed E-state index contributed by atoms with van der Waals surface area (Å²) in [6, 6.07) is 8.22. The number of amides is 1. The largest absolute Gasteiger partial charge is 0.381 e. The van der Waals surface area contributed by atoms with Crippen molar-refractivity contribution in [2.24, 2.45) is 5.92 Å². The number of hydrogen-bond donors (Lipinski definition) is 1. The molecule has 1 heterocycles. The van der Waals surface area contributed by atoms with Crippen molar-refractivity contribution < 1.29 is 9.53 Å². The molecule has 0 spiro atoms. The van der Waals surface area contributed by atoms with E-state index in [1.807, 2.05) is 12.1 Å². The summed E-state index contributed by atoms with van der Waals surface area (Å²) >= 11 is 0. The van der Waals surface area contributed by atoms with Crippen LogP contribution < -0.4 is 5.32 Å². The highest BCUT2D eigenvalue weighted by molar-refractivity contribution is 5.92. The molecule has 23 heavy (non-hydrogen) atoms. The summed E-state index contributed by atoms with van der Waals surface area (Å²) in [6.07, 6.45) is 2.23. The van der Waals surface area contributed by atoms with E-state index >= 15 is 0 Å². The van der Waals surface area contributed by atoms with Crippen molar-refractivity contribution in [3.8, 4) is 0 Å². The van der Waals surface area contributed by atoms with E-state index < -0.39 is 0 Å². The average Bonchev–Trinajstić information content (AvgIpc) is 3.07. The second kappa shape index (κ2) is 9.04. The Morgan fingerprint density at radius 1 is 1.35 bits per heavy atom. The molecule has 1 amide bonds. The van der Waals surface area contributed by atoms with E-state index in [0.717, 1.165) is 44.8 Å². The lowest BCUT2D eigenvalue weighted by Crippen LogP contribution is -2.36. The zero-order valence-electron chi connectivity index (χ0n) is 14.7. The molecule has 4 heteroatoms. The molecule has 0 radical (unpaired) electrons. The van der Waals surface area contributed by atoms with Crippen LogP contribution in [0, 0.1) is 5.92 Å². The zero-order valence-corrected chi connectivity index (χ0v) is 14.7. The van der Waals surface area contributed by atoms with Crippen molar-refractivity contribution in [3.05, 3.63) is 29.8 Å². The third-order valence-electron chi connectivity index (χ3n) is 4.73. The number of ether oxygens (including phenoxy) is 1. The van der Waals surface area contributed by atoms with Crippen LogP contribution in [0.4, 0.5) is 5.69 Å². The number of anilines is 1. The summed E-state index contributed by atoms with van der Waals surface area (Å²) < 4.78 is 5.42. The average molecular weight is 318 g/mol. The summed E-state index contributed by atoms with van der Waals surface area (Å²) in [6.45, 7) is 10.5. The summed E-state index contributed by atoms with van der Waals surface area (Å²) in [4.78, 5) is 14.4. The van der Waals surface area contributed by atoms with Crippen LogP contribution in [0.15, 0.2) is 24.3 Å². The molecule has 4 nitrogen and oxygen atoms in total. The molecular weight excluding hydrogens is 288 g/mol. The topological polar surface area (TPSA) is 41.6 Å². The quantitative estimate of drug-likeness (QED) is 0.797. The van der Waals surface area contributed by atoms with Crippen LogP contribution in [-0.4, -0.2) is 43.7 Å². The maximum absolute atomic E-state index is 12.2. The van der Waals surface area contributed by atoms with Crippen LogP contribution in [0.5, 0.6) is 0 Å². The Morgan fingerprint density at radius 3 is 2.65 bits per heavy atom. The molecule has 0 aliphatic carbocycles. The van der Waals surface area contributed by atoms with Gasteiger partial charge in [0, 0.05) is 18.8 Å². The minimum atomic E-state index is 0.0575. The third kappa shape index (κ3) is 5.63. The second-order valence-electron chi connectivity index (χ2n) is 6.54. The molecular formula is C19H30N2O2. The number of nitrogens with one attached hydrogen (secondary N) is 1. The van der Waals surface area contributed by atoms with Gasteiger partial charge in [0.2, 0.25) is 5.91 Å². The smallest absolute Gasteiger partial charge is 0.238 e. The van der Waals surface area contributed by atoms with E-state index in [-0.39, 0.29) is 5.91 Å². The van der Waals surface area contributed by atoms with Crippen LogP contribution in [0.2, 0.25) is 0 Å². The highest BCUT2D eigenvalue weighted by atomic mass is 16.5. The van der Waals surface area contributed by atoms with Gasteiger partial charge < -0.3 is 10.1 Å². The Kier molecular flexibility index (Phi) is 7.06. The van der Waals surface area contributed by atoms with E-state index in [0.29, 0.717) is 18.4 Å². The molecule has 2 rings (SSSR count). The van der Waals surface area contributed by atoms with Gasteiger partial charge in [-0.25, -0.2) is 0 Å². The van der Waals surface area contributed by atoms with Crippen molar-refractivity contribution in [3.63, 3.8) is 0 Å². The van der Waals surface area contributed by atoms with Gasteiger partial charge in [0.15, 0.2) is 0 Å². The Bertz CT molecular complexity index is 481. The van der Waals surface area contributed by atoms with Gasteiger partial charge in [-0.3, -0.25) is 9.69 Å². The van der Waals surface area contributed by atoms with E-state index in [1.165, 1.54) is 5.56 Å². The number of benzene rings is 1. The molecule has 1 aliphatic rings. The van der Waals surface area contributed by atoms with Crippen LogP contribution >= 0.6 is 0 Å². The second-order valence-corrected chi connectivity index (χ2v) is 6.54. The van der Waals surface area contributed by atoms with Gasteiger partial charge in [-0.2, -0.15) is 0 Å². The van der Waals surface area contributed by atoms with Crippen molar-refractivity contribution in [1.29, 1.82) is 0 Å². The van der Waals surface area contributed by atoms with E-state index in [2.05, 4.69) is 43.1 Å². The fourth-order valence-electron chi connectivity index (χ4n) is 2.93. The molecule has 1 aromatic rings. The molecule has 1 aromatic carbocycles. The first-order valence-electron chi connectivity index (χ1n) is 8.82. The lowest BCUT2D eigenvalue weighted by Gasteiger charge is -2.22. The monoisotopic (exact) mass is 318 g/mol. The number of likely N-dealkylation sites (N-methyl/N-ethyl adjacent to an activating group) is 1. The molecule has 1 N–H and O–H groups in total. The Labute approximate surface area is 140 Å². The summed E-state index contributed by atoms with van der Waals surface area (Å²) in [5.74, 6) is 1.18. The van der Waals surface area contributed by atoms with Crippen LogP contribution in [-0.2, 0) is 9.53 Å². The van der Waals surface area contributed by atoms with Crippen LogP contribution in [0.3, 0.4) is 0 Å². The minimum Gasteiger partial charge on any atom is -0.381 e. The molecule has 2 atom stereocenters. The molecule has 2 unspecified atom stereocenters. The van der Waals surface area contributed by atoms with E-state index in [1.54, 1.807) is 0 Å². The van der Waals surface area contributed by atoms with Crippen LogP contribution in [0.25, 0.3) is 0 Å². The fraction of sp³-hybridized carbons (Fsp3) is 0.632. The number of carbonyl (C=O) groups is 1. The number of carbonyl (C=O) groups excluding carboxylic acids is 1. The Balaban J connectivity index is 1.82. The summed E-state index contributed by atoms with van der Waals surface area (Å²) in [5, 5.41) is 3.00. The maximum atomic E-state index is 12.2. The number of nitrogens with zero attached hydrogens (tertiary/aromatic N) is 1. The number of hydrogen-bond acceptors (Lipinski definition) is 3. The maximum Gasteiger partial charge on any atom is 0.238 e. The molecule has 1 aliphatic heterocycles. The minimum absolute atomic E-state index is 0.0575. The van der Waals surface area contributed by atoms with Gasteiger partial charge in [-0.15, -0.1) is 0 Å². The Hall–Kier alpha value is -1.39. The molecule has 0 bridgehead atoms. The summed E-state index contributed by atoms with van der Waals surface area (Å²) in [7, 11) is 0. The van der Waals surface area contributed by atoms with Crippen LogP contribution in [0.1, 0.15) is 45.1 Å². The van der Waals surface area contributed by atoms with Gasteiger partial charge >= 0.3 is 0 Å². The van der Waals surface area contributed by atoms with Crippen molar-refractivity contribution >= 4 is 11.6 Å². The summed E-state index contributed by atoms with van der Waals surface area (Å²) in [5.41, 5.74) is 2.20. The van der Waals surface area contributed by atoms with E-state index in [4.69, 9.17) is 4.74 Å². The van der Waals surface area contributed by atoms with Gasteiger partial charge in [0.05, 0.1) is 13.2 Å². The van der Waals surface area contributed by atoms with Gasteiger partial charge in [0.1, 0.15) is 0 Å². The first-order chi connectivity index (χ1) is 11.1. The van der Waals surface area contributed by atoms with Gasteiger partial charge in [0.25, 0.3) is 0 Å². The first-order valence-corrected chi connectivity index (χ1v) is 8.82. The lowest BCUT2D eigenvalue weighted by molar-refractivity contribution is -0.117. The van der Waals surface area contributed by atoms with Gasteiger partial charge in [-0.05, 0) is 48.9 Å². The SMILES string of the molecule is CCC(C)c1ccc(NC(=O)CN(CC)CC2CCOC2)cc1. The predicted octanol–water partition coefficient (Wildman–Crippen LogP) is 3.50. The standard InChI is InChI=1S/C19H30N2O2/c1-4-15(3)17-6-8-18(9-7-17)20-19(22)13-21(5-2)12-16-10-11-23-14-16/h6-9,15-16H,4-5,10-14H2,1-3H3,(H,20,22). The molecule has 128 valence electrons. The molecule has 1 saturated heterocycles. The third-order valence-corrected chi connectivity index (χ3v) is 4.73. The Morgan fingerprint density at radius 2 is 2.09 bits per heavy atom. The first kappa shape index (κ1) is 18.0. The normalized spacial score (nSPS) is 19.0. The van der Waals surface area contributed by atoms with Crippen molar-refractivity contribution in [2.45, 2.75) is 39.5 Å². The number of rotatable bonds is 8. The fourth-order valence-corrected chi connectivity index (χ4v) is 2.93. The molecule has 0 aromatic heterocycles. The van der Waals surface area contributed by atoms with Gasteiger partial charge in [-0.1, -0.05) is 32.9 Å². The zero-order chi connectivity index (χ0) is 16.7. The highest BCUT2D eigenvalue weighted by Crippen LogP contribution is 2.20. The predicted molar refractivity (Wildman–Crippen MR) is 94.8 cm³/mol. The molecule has 1 fully saturated rings. The van der Waals surface area contributed by atoms with Crippen molar-refractivity contribution in [2.75, 3.05) is 38.2 Å². The molecule has 0 saturated carbocycles. The highest BCUT2D eigenvalue weighted by Gasteiger charge is 2.19.